The highest BCUT2D eigenvalue weighted by Crippen LogP contribution is 2.22. The number of likely N-dealkylation sites (N-methyl/N-ethyl adjacent to an activating group) is 1. The molecule has 24 heavy (non-hydrogen) atoms. The van der Waals surface area contributed by atoms with E-state index in [0.29, 0.717) is 18.0 Å². The monoisotopic (exact) mass is 329 g/mol. The fourth-order valence-electron chi connectivity index (χ4n) is 2.60. The molecule has 2 rings (SSSR count). The smallest absolute Gasteiger partial charge is 0.279 e. The molecular weight excluding hydrogens is 304 g/mol. The number of methoxy groups -OCH3 is 2. The predicted octanol–water partition coefficient (Wildman–Crippen LogP) is 1.75. The van der Waals surface area contributed by atoms with Gasteiger partial charge in [0.05, 0.1) is 26.5 Å². The Labute approximate surface area is 143 Å². The van der Waals surface area contributed by atoms with Gasteiger partial charge in [-0.2, -0.15) is 0 Å². The Kier molecular flexibility index (Phi) is 6.63. The van der Waals surface area contributed by atoms with Gasteiger partial charge in [0.1, 0.15) is 18.0 Å². The van der Waals surface area contributed by atoms with E-state index in [9.17, 15) is 4.79 Å². The van der Waals surface area contributed by atoms with E-state index in [1.165, 1.54) is 0 Å². The first-order valence-corrected chi connectivity index (χ1v) is 8.06. The molecule has 0 saturated heterocycles. The van der Waals surface area contributed by atoms with Crippen LogP contribution in [0.5, 0.6) is 11.5 Å². The zero-order valence-corrected chi connectivity index (χ0v) is 14.5. The van der Waals surface area contributed by atoms with Gasteiger partial charge in [-0.05, 0) is 31.2 Å². The summed E-state index contributed by atoms with van der Waals surface area (Å²) in [5.74, 6) is 1.48. The van der Waals surface area contributed by atoms with Crippen LogP contribution in [0.2, 0.25) is 0 Å². The summed E-state index contributed by atoms with van der Waals surface area (Å²) < 4.78 is 10.7. The van der Waals surface area contributed by atoms with Gasteiger partial charge >= 0.3 is 0 Å². The van der Waals surface area contributed by atoms with E-state index in [4.69, 9.17) is 9.47 Å². The highest BCUT2D eigenvalue weighted by Gasteiger charge is 2.16. The van der Waals surface area contributed by atoms with Gasteiger partial charge in [0, 0.05) is 5.56 Å². The first-order chi connectivity index (χ1) is 11.7. The number of para-hydroxylation sites is 3. The van der Waals surface area contributed by atoms with Crippen molar-refractivity contribution < 1.29 is 19.2 Å². The standard InChI is InChI=1S/C19H24N2O3/c1-4-21(13-15-9-5-7-11-17(15)23-2)14-19(22)20-16-10-6-8-12-18(16)24-3/h5-12H,4,13-14H2,1-3H3,(H,20,22)/p+1. The molecule has 2 aromatic carbocycles. The van der Waals surface area contributed by atoms with Crippen molar-refractivity contribution in [2.45, 2.75) is 13.5 Å². The molecule has 0 fully saturated rings. The Balaban J connectivity index is 2.00. The van der Waals surface area contributed by atoms with Gasteiger partial charge < -0.3 is 19.7 Å². The van der Waals surface area contributed by atoms with Crippen molar-refractivity contribution in [3.8, 4) is 11.5 Å². The lowest BCUT2D eigenvalue weighted by Gasteiger charge is -2.19. The zero-order valence-electron chi connectivity index (χ0n) is 14.5. The van der Waals surface area contributed by atoms with Crippen LogP contribution in [0.25, 0.3) is 0 Å². The van der Waals surface area contributed by atoms with Gasteiger partial charge in [-0.25, -0.2) is 0 Å². The highest BCUT2D eigenvalue weighted by molar-refractivity contribution is 5.92. The number of benzene rings is 2. The molecule has 0 radical (unpaired) electrons. The van der Waals surface area contributed by atoms with Crippen LogP contribution in [0, 0.1) is 0 Å². The van der Waals surface area contributed by atoms with Crippen molar-refractivity contribution in [1.29, 1.82) is 0 Å². The van der Waals surface area contributed by atoms with Crippen LogP contribution >= 0.6 is 0 Å². The Hall–Kier alpha value is -2.53. The molecule has 0 aliphatic carbocycles. The molecule has 0 saturated carbocycles. The number of anilines is 1. The summed E-state index contributed by atoms with van der Waals surface area (Å²) in [5.41, 5.74) is 1.79. The molecule has 0 aliphatic heterocycles. The Bertz CT molecular complexity index is 673. The number of nitrogens with one attached hydrogen (secondary N) is 2. The molecule has 5 nitrogen and oxygen atoms in total. The number of ether oxygens (including phenoxy) is 2. The lowest BCUT2D eigenvalue weighted by molar-refractivity contribution is -0.903. The molecule has 1 unspecified atom stereocenters. The summed E-state index contributed by atoms with van der Waals surface area (Å²) >= 11 is 0. The third-order valence-corrected chi connectivity index (χ3v) is 3.92. The summed E-state index contributed by atoms with van der Waals surface area (Å²) in [5, 5.41) is 2.92. The number of hydrogen-bond donors (Lipinski definition) is 2. The Morgan fingerprint density at radius 3 is 2.29 bits per heavy atom. The number of quaternary nitrogens is 1. The molecule has 5 heteroatoms. The zero-order chi connectivity index (χ0) is 17.4. The number of carbonyl (C=O) groups excluding carboxylic acids is 1. The summed E-state index contributed by atoms with van der Waals surface area (Å²) in [7, 11) is 3.26. The average molecular weight is 329 g/mol. The molecule has 0 bridgehead atoms. The number of rotatable bonds is 8. The van der Waals surface area contributed by atoms with Gasteiger partial charge in [0.25, 0.3) is 5.91 Å². The van der Waals surface area contributed by atoms with Crippen molar-refractivity contribution >= 4 is 11.6 Å². The predicted molar refractivity (Wildman–Crippen MR) is 94.7 cm³/mol. The lowest BCUT2D eigenvalue weighted by atomic mass is 10.2. The van der Waals surface area contributed by atoms with Gasteiger partial charge in [0.2, 0.25) is 0 Å². The van der Waals surface area contributed by atoms with E-state index < -0.39 is 0 Å². The molecule has 2 N–H and O–H groups in total. The minimum Gasteiger partial charge on any atom is -0.496 e. The van der Waals surface area contributed by atoms with Crippen LogP contribution in [0.4, 0.5) is 5.69 Å². The van der Waals surface area contributed by atoms with Gasteiger partial charge in [-0.15, -0.1) is 0 Å². The van der Waals surface area contributed by atoms with E-state index in [1.807, 2.05) is 48.5 Å². The van der Waals surface area contributed by atoms with E-state index in [0.717, 1.165) is 29.3 Å². The number of hydrogen-bond acceptors (Lipinski definition) is 3. The molecule has 1 atom stereocenters. The van der Waals surface area contributed by atoms with E-state index in [-0.39, 0.29) is 5.91 Å². The summed E-state index contributed by atoms with van der Waals surface area (Å²) in [4.78, 5) is 13.5. The maximum atomic E-state index is 12.4. The SMILES string of the molecule is CC[NH+](CC(=O)Nc1ccccc1OC)Cc1ccccc1OC. The maximum Gasteiger partial charge on any atom is 0.279 e. The molecule has 1 amide bonds. The number of amides is 1. The van der Waals surface area contributed by atoms with Crippen LogP contribution < -0.4 is 19.7 Å². The van der Waals surface area contributed by atoms with Crippen molar-refractivity contribution in [2.24, 2.45) is 0 Å². The third kappa shape index (κ3) is 4.73. The average Bonchev–Trinajstić information content (AvgIpc) is 2.62. The van der Waals surface area contributed by atoms with Crippen LogP contribution in [0.1, 0.15) is 12.5 Å². The molecular formula is C19H25N2O3+. The van der Waals surface area contributed by atoms with Crippen LogP contribution in [-0.4, -0.2) is 33.2 Å². The van der Waals surface area contributed by atoms with E-state index in [2.05, 4.69) is 12.2 Å². The molecule has 0 spiro atoms. The number of carbonyl (C=O) groups is 1. The van der Waals surface area contributed by atoms with Crippen molar-refractivity contribution in [3.05, 3.63) is 54.1 Å². The first kappa shape index (κ1) is 17.8. The molecule has 0 aromatic heterocycles. The Morgan fingerprint density at radius 2 is 1.62 bits per heavy atom. The van der Waals surface area contributed by atoms with E-state index in [1.54, 1.807) is 14.2 Å². The lowest BCUT2D eigenvalue weighted by Crippen LogP contribution is -3.11. The summed E-state index contributed by atoms with van der Waals surface area (Å²) in [6.07, 6.45) is 0. The van der Waals surface area contributed by atoms with Gasteiger partial charge in [-0.1, -0.05) is 24.3 Å². The summed E-state index contributed by atoms with van der Waals surface area (Å²) in [6.45, 7) is 4.03. The fourth-order valence-corrected chi connectivity index (χ4v) is 2.60. The first-order valence-electron chi connectivity index (χ1n) is 8.06. The van der Waals surface area contributed by atoms with Crippen LogP contribution in [0.15, 0.2) is 48.5 Å². The molecule has 0 heterocycles. The quantitative estimate of drug-likeness (QED) is 0.776. The van der Waals surface area contributed by atoms with Crippen molar-refractivity contribution in [3.63, 3.8) is 0 Å². The third-order valence-electron chi connectivity index (χ3n) is 3.92. The molecule has 0 aliphatic rings. The second kappa shape index (κ2) is 8.93. The van der Waals surface area contributed by atoms with Crippen LogP contribution in [-0.2, 0) is 11.3 Å². The highest BCUT2D eigenvalue weighted by atomic mass is 16.5. The summed E-state index contributed by atoms with van der Waals surface area (Å²) in [6, 6.07) is 15.3. The normalized spacial score (nSPS) is 11.6. The largest absolute Gasteiger partial charge is 0.496 e. The van der Waals surface area contributed by atoms with Crippen molar-refractivity contribution in [2.75, 3.05) is 32.6 Å². The second-order valence-electron chi connectivity index (χ2n) is 5.52. The topological polar surface area (TPSA) is 52.0 Å². The Morgan fingerprint density at radius 1 is 1.00 bits per heavy atom. The molecule has 2 aromatic rings. The minimum absolute atomic E-state index is 0.0359. The van der Waals surface area contributed by atoms with Crippen LogP contribution in [0.3, 0.4) is 0 Å². The van der Waals surface area contributed by atoms with Crippen molar-refractivity contribution in [1.82, 2.24) is 0 Å². The maximum absolute atomic E-state index is 12.4. The fraction of sp³-hybridized carbons (Fsp3) is 0.316. The second-order valence-corrected chi connectivity index (χ2v) is 5.52. The van der Waals surface area contributed by atoms with Gasteiger partial charge in [-0.3, -0.25) is 4.79 Å². The van der Waals surface area contributed by atoms with E-state index >= 15 is 0 Å². The molecule has 128 valence electrons. The van der Waals surface area contributed by atoms with Gasteiger partial charge in [0.15, 0.2) is 6.54 Å². The minimum atomic E-state index is -0.0359.